The van der Waals surface area contributed by atoms with E-state index >= 15 is 0 Å². The summed E-state index contributed by atoms with van der Waals surface area (Å²) in [6, 6.07) is 11.5. The van der Waals surface area contributed by atoms with Crippen molar-refractivity contribution < 1.29 is 20.1 Å². The first-order valence-corrected chi connectivity index (χ1v) is 8.95. The van der Waals surface area contributed by atoms with Gasteiger partial charge in [0.15, 0.2) is 5.69 Å². The second-order valence-electron chi connectivity index (χ2n) is 6.11. The van der Waals surface area contributed by atoms with Crippen molar-refractivity contribution in [1.82, 2.24) is 9.97 Å². The van der Waals surface area contributed by atoms with Crippen LogP contribution in [0, 0.1) is 0 Å². The highest BCUT2D eigenvalue weighted by Crippen LogP contribution is 2.17. The molecule has 0 aliphatic heterocycles. The number of fused-ring (bicyclic) bond motifs is 1. The van der Waals surface area contributed by atoms with Crippen LogP contribution >= 0.6 is 11.6 Å². The zero-order valence-corrected chi connectivity index (χ0v) is 16.1. The Bertz CT molecular complexity index is 1080. The maximum Gasteiger partial charge on any atom is 0.276 e. The van der Waals surface area contributed by atoms with E-state index in [1.54, 1.807) is 42.5 Å². The van der Waals surface area contributed by atoms with E-state index in [1.807, 2.05) is 0 Å². The van der Waals surface area contributed by atoms with Crippen molar-refractivity contribution in [3.05, 3.63) is 63.5 Å². The number of methoxy groups -OCH3 is 1. The summed E-state index contributed by atoms with van der Waals surface area (Å²) in [5.74, 6) is 0.639. The quantitative estimate of drug-likeness (QED) is 0.286. The number of hydrogen-bond acceptors (Lipinski definition) is 8. The van der Waals surface area contributed by atoms with Crippen LogP contribution in [-0.2, 0) is 0 Å². The molecule has 0 spiro atoms. The molecule has 3 rings (SSSR count). The fourth-order valence-electron chi connectivity index (χ4n) is 2.56. The number of hydrazone groups is 1. The average molecular weight is 419 g/mol. The van der Waals surface area contributed by atoms with Gasteiger partial charge in [-0.05, 0) is 42.5 Å². The van der Waals surface area contributed by atoms with Gasteiger partial charge in [0, 0.05) is 5.02 Å². The second kappa shape index (κ2) is 9.01. The number of halogens is 1. The standard InChI is InChI=1S/C19H19ClN4O5/c1-29-12-5-3-11(4-6-12)23-24-16(18(27)15(26)9-25)17-19(28)22-13-7-2-10(20)8-14(13)21-17/h2-8,15,18,23,25-27H,9H2,1H3,(H,22,28)/b24-16-. The molecule has 0 amide bonds. The first-order valence-electron chi connectivity index (χ1n) is 8.57. The molecule has 29 heavy (non-hydrogen) atoms. The van der Waals surface area contributed by atoms with Gasteiger partial charge in [-0.15, -0.1) is 0 Å². The number of nitrogens with zero attached hydrogens (tertiary/aromatic N) is 2. The lowest BCUT2D eigenvalue weighted by Crippen LogP contribution is -2.40. The summed E-state index contributed by atoms with van der Waals surface area (Å²) < 4.78 is 5.08. The van der Waals surface area contributed by atoms with Crippen molar-refractivity contribution in [3.63, 3.8) is 0 Å². The van der Waals surface area contributed by atoms with Crippen molar-refractivity contribution in [2.75, 3.05) is 19.1 Å². The summed E-state index contributed by atoms with van der Waals surface area (Å²) in [5, 5.41) is 34.0. The molecule has 10 heteroatoms. The Morgan fingerprint density at radius 3 is 2.66 bits per heavy atom. The molecule has 9 nitrogen and oxygen atoms in total. The Balaban J connectivity index is 2.06. The highest BCUT2D eigenvalue weighted by Gasteiger charge is 2.27. The van der Waals surface area contributed by atoms with Crippen molar-refractivity contribution in [3.8, 4) is 5.75 Å². The van der Waals surface area contributed by atoms with Crippen molar-refractivity contribution in [2.45, 2.75) is 12.2 Å². The molecule has 5 N–H and O–H groups in total. The van der Waals surface area contributed by atoms with Gasteiger partial charge in [-0.3, -0.25) is 10.2 Å². The van der Waals surface area contributed by atoms with Gasteiger partial charge in [-0.2, -0.15) is 5.10 Å². The predicted octanol–water partition coefficient (Wildman–Crippen LogP) is 1.12. The maximum atomic E-state index is 12.5. The zero-order chi connectivity index (χ0) is 21.0. The van der Waals surface area contributed by atoms with E-state index < -0.39 is 24.4 Å². The smallest absolute Gasteiger partial charge is 0.276 e. The fourth-order valence-corrected chi connectivity index (χ4v) is 2.73. The van der Waals surface area contributed by atoms with Crippen molar-refractivity contribution in [1.29, 1.82) is 0 Å². The highest BCUT2D eigenvalue weighted by atomic mass is 35.5. The van der Waals surface area contributed by atoms with E-state index in [0.717, 1.165) is 0 Å². The molecule has 0 saturated heterocycles. The van der Waals surface area contributed by atoms with Gasteiger partial charge in [0.25, 0.3) is 5.56 Å². The summed E-state index contributed by atoms with van der Waals surface area (Å²) in [5.41, 5.74) is 2.96. The third-order valence-corrected chi connectivity index (χ3v) is 4.36. The topological polar surface area (TPSA) is 140 Å². The minimum absolute atomic E-state index is 0.222. The Labute approximate surface area is 170 Å². The largest absolute Gasteiger partial charge is 0.497 e. The molecule has 0 fully saturated rings. The van der Waals surface area contributed by atoms with Crippen LogP contribution in [0.25, 0.3) is 11.0 Å². The number of H-pyrrole nitrogens is 1. The molecule has 152 valence electrons. The third-order valence-electron chi connectivity index (χ3n) is 4.13. The molecule has 2 aromatic carbocycles. The van der Waals surface area contributed by atoms with Crippen LogP contribution in [0.4, 0.5) is 5.69 Å². The molecule has 2 unspecified atom stereocenters. The van der Waals surface area contributed by atoms with E-state index in [2.05, 4.69) is 20.5 Å². The number of anilines is 1. The summed E-state index contributed by atoms with van der Waals surface area (Å²) in [4.78, 5) is 19.4. The zero-order valence-electron chi connectivity index (χ0n) is 15.3. The number of aromatic nitrogens is 2. The molecule has 2 atom stereocenters. The Hall–Kier alpha value is -2.98. The number of rotatable bonds is 7. The first kappa shape index (κ1) is 20.7. The van der Waals surface area contributed by atoms with Crippen LogP contribution in [0.3, 0.4) is 0 Å². The highest BCUT2D eigenvalue weighted by molar-refractivity contribution is 6.31. The van der Waals surface area contributed by atoms with Gasteiger partial charge in [-0.1, -0.05) is 11.6 Å². The van der Waals surface area contributed by atoms with Crippen molar-refractivity contribution >= 4 is 34.0 Å². The summed E-state index contributed by atoms with van der Waals surface area (Å²) in [6.45, 7) is -0.736. The van der Waals surface area contributed by atoms with Gasteiger partial charge in [0.2, 0.25) is 0 Å². The van der Waals surface area contributed by atoms with Gasteiger partial charge >= 0.3 is 0 Å². The lowest BCUT2D eigenvalue weighted by atomic mass is 10.1. The number of hydrogen-bond donors (Lipinski definition) is 5. The lowest BCUT2D eigenvalue weighted by molar-refractivity contribution is 0.0185. The number of aliphatic hydroxyl groups excluding tert-OH is 3. The van der Waals surface area contributed by atoms with Gasteiger partial charge < -0.3 is 25.0 Å². The number of aromatic amines is 1. The summed E-state index contributed by atoms with van der Waals surface area (Å²) in [6.07, 6.45) is -3.24. The second-order valence-corrected chi connectivity index (χ2v) is 6.54. The fraction of sp³-hybridized carbons (Fsp3) is 0.211. The van der Waals surface area contributed by atoms with E-state index in [-0.39, 0.29) is 11.4 Å². The van der Waals surface area contributed by atoms with E-state index in [9.17, 15) is 20.1 Å². The molecule has 0 aliphatic rings. The molecule has 1 heterocycles. The normalized spacial score (nSPS) is 13.9. The minimum Gasteiger partial charge on any atom is -0.497 e. The van der Waals surface area contributed by atoms with Crippen LogP contribution < -0.4 is 15.7 Å². The van der Waals surface area contributed by atoms with Crippen LogP contribution in [0.2, 0.25) is 5.02 Å². The van der Waals surface area contributed by atoms with E-state index in [4.69, 9.17) is 16.3 Å². The minimum atomic E-state index is -1.67. The van der Waals surface area contributed by atoms with Gasteiger partial charge in [0.1, 0.15) is 23.7 Å². The molecule has 0 radical (unpaired) electrons. The number of nitrogens with one attached hydrogen (secondary N) is 2. The van der Waals surface area contributed by atoms with Gasteiger partial charge in [0.05, 0.1) is 30.4 Å². The maximum absolute atomic E-state index is 12.5. The summed E-state index contributed by atoms with van der Waals surface area (Å²) in [7, 11) is 1.54. The monoisotopic (exact) mass is 418 g/mol. The third kappa shape index (κ3) is 4.72. The van der Waals surface area contributed by atoms with E-state index in [0.29, 0.717) is 27.5 Å². The SMILES string of the molecule is COc1ccc(N/N=C(/c2nc3cc(Cl)ccc3[nH]c2=O)C(O)C(O)CO)cc1. The molecule has 3 aromatic rings. The van der Waals surface area contributed by atoms with Crippen LogP contribution in [0.1, 0.15) is 5.69 Å². The number of benzene rings is 2. The van der Waals surface area contributed by atoms with Crippen LogP contribution in [0.15, 0.2) is 52.4 Å². The lowest BCUT2D eigenvalue weighted by Gasteiger charge is -2.17. The molecular weight excluding hydrogens is 400 g/mol. The Morgan fingerprint density at radius 1 is 1.28 bits per heavy atom. The number of aliphatic hydroxyl groups is 3. The number of ether oxygens (including phenoxy) is 1. The Morgan fingerprint density at radius 2 is 2.00 bits per heavy atom. The Kier molecular flexibility index (Phi) is 6.45. The molecule has 0 bridgehead atoms. The van der Waals surface area contributed by atoms with Gasteiger partial charge in [-0.25, -0.2) is 4.98 Å². The molecule has 0 aliphatic carbocycles. The summed E-state index contributed by atoms with van der Waals surface area (Å²) >= 11 is 5.98. The molecule has 1 aromatic heterocycles. The molecular formula is C19H19ClN4O5. The van der Waals surface area contributed by atoms with E-state index in [1.165, 1.54) is 7.11 Å². The van der Waals surface area contributed by atoms with Crippen molar-refractivity contribution in [2.24, 2.45) is 5.10 Å². The first-order chi connectivity index (χ1) is 13.9. The van der Waals surface area contributed by atoms with Crippen LogP contribution in [-0.4, -0.2) is 56.9 Å². The van der Waals surface area contributed by atoms with Crippen LogP contribution in [0.5, 0.6) is 5.75 Å². The predicted molar refractivity (Wildman–Crippen MR) is 110 cm³/mol. The molecule has 0 saturated carbocycles. The average Bonchev–Trinajstić information content (AvgIpc) is 2.74.